The van der Waals surface area contributed by atoms with Gasteiger partial charge in [0.25, 0.3) is 0 Å². The van der Waals surface area contributed by atoms with Crippen molar-refractivity contribution in [1.82, 2.24) is 10.2 Å². The van der Waals surface area contributed by atoms with E-state index in [0.717, 1.165) is 19.5 Å². The molecule has 0 amide bonds. The number of nitrogens with zero attached hydrogens (tertiary/aromatic N) is 1. The molecule has 1 aromatic rings. The predicted molar refractivity (Wildman–Crippen MR) is 119 cm³/mol. The topological polar surface area (TPSA) is 75.4 Å². The third kappa shape index (κ3) is 5.48. The van der Waals surface area contributed by atoms with Gasteiger partial charge in [0.05, 0.1) is 5.75 Å². The Balaban J connectivity index is 1.20. The lowest BCUT2D eigenvalue weighted by atomic mass is 9.60. The van der Waals surface area contributed by atoms with Gasteiger partial charge >= 0.3 is 0 Å². The summed E-state index contributed by atoms with van der Waals surface area (Å²) in [4.78, 5) is 2.26. The number of likely N-dealkylation sites (tertiary alicyclic amines) is 1. The highest BCUT2D eigenvalue weighted by Crippen LogP contribution is 2.50. The maximum atomic E-state index is 11.2. The molecule has 1 aliphatic heterocycles. The summed E-state index contributed by atoms with van der Waals surface area (Å²) < 4.78 is 22.3. The van der Waals surface area contributed by atoms with Crippen LogP contribution in [0.3, 0.4) is 0 Å². The van der Waals surface area contributed by atoms with Crippen molar-refractivity contribution in [3.05, 3.63) is 41.5 Å². The number of nitrogens with one attached hydrogen (secondary N) is 1. The Hall–Kier alpha value is -1.21. The van der Waals surface area contributed by atoms with Crippen LogP contribution < -0.4 is 10.5 Å². The van der Waals surface area contributed by atoms with E-state index in [1.165, 1.54) is 37.7 Å². The molecule has 29 heavy (non-hydrogen) atoms. The lowest BCUT2D eigenvalue weighted by molar-refractivity contribution is 0.00705. The van der Waals surface area contributed by atoms with Crippen LogP contribution in [0, 0.1) is 11.3 Å². The minimum atomic E-state index is -3.35. The Morgan fingerprint density at radius 3 is 2.55 bits per heavy atom. The van der Waals surface area contributed by atoms with E-state index in [9.17, 15) is 8.42 Å². The lowest BCUT2D eigenvalue weighted by Crippen LogP contribution is -2.54. The zero-order valence-electron chi connectivity index (χ0n) is 17.5. The minimum Gasteiger partial charge on any atom is -0.311 e. The molecule has 0 radical (unpaired) electrons. The quantitative estimate of drug-likeness (QED) is 0.682. The molecule has 2 saturated carbocycles. The number of benzene rings is 1. The molecule has 160 valence electrons. The van der Waals surface area contributed by atoms with E-state index in [4.69, 9.17) is 5.14 Å². The Morgan fingerprint density at radius 2 is 1.93 bits per heavy atom. The average Bonchev–Trinajstić information content (AvgIpc) is 3.43. The Morgan fingerprint density at radius 1 is 1.24 bits per heavy atom. The van der Waals surface area contributed by atoms with Crippen molar-refractivity contribution in [1.29, 1.82) is 0 Å². The predicted octanol–water partition coefficient (Wildman–Crippen LogP) is 2.99. The molecule has 3 fully saturated rings. The van der Waals surface area contributed by atoms with Crippen LogP contribution in [0.2, 0.25) is 0 Å². The largest absolute Gasteiger partial charge is 0.311 e. The maximum absolute atomic E-state index is 11.2. The van der Waals surface area contributed by atoms with Crippen molar-refractivity contribution < 1.29 is 8.42 Å². The number of rotatable bonds is 8. The van der Waals surface area contributed by atoms with E-state index in [-0.39, 0.29) is 5.75 Å². The first-order valence-electron chi connectivity index (χ1n) is 11.1. The number of hydrogen-bond donors (Lipinski definition) is 2. The Bertz CT molecular complexity index is 821. The molecule has 3 aliphatic rings. The first-order chi connectivity index (χ1) is 13.9. The van der Waals surface area contributed by atoms with Crippen LogP contribution in [-0.2, 0) is 10.0 Å². The van der Waals surface area contributed by atoms with E-state index in [0.29, 0.717) is 30.0 Å². The number of piperidine rings is 1. The fourth-order valence-corrected chi connectivity index (χ4v) is 5.86. The highest BCUT2D eigenvalue weighted by molar-refractivity contribution is 7.89. The molecular formula is C23H35N3O2S. The molecule has 1 aromatic carbocycles. The first kappa shape index (κ1) is 21.0. The summed E-state index contributed by atoms with van der Waals surface area (Å²) in [6.45, 7) is 4.86. The van der Waals surface area contributed by atoms with Crippen LogP contribution in [-0.4, -0.2) is 50.8 Å². The van der Waals surface area contributed by atoms with Gasteiger partial charge < -0.3 is 10.2 Å². The summed E-state index contributed by atoms with van der Waals surface area (Å²) >= 11 is 0. The number of nitrogens with two attached hydrogens (primary N) is 1. The van der Waals surface area contributed by atoms with Gasteiger partial charge in [-0.1, -0.05) is 48.9 Å². The summed E-state index contributed by atoms with van der Waals surface area (Å²) in [6.07, 6.45) is 9.73. The SMILES string of the molecule is CC/C(=C\c1ccccc1)[C@H]1C[C@@H]1NC1CC2(CCN(CCS(N)(=O)=O)CC2)C1. The average molecular weight is 418 g/mol. The van der Waals surface area contributed by atoms with Gasteiger partial charge in [0.2, 0.25) is 10.0 Å². The molecule has 2 atom stereocenters. The van der Waals surface area contributed by atoms with Crippen LogP contribution in [0.4, 0.5) is 0 Å². The summed E-state index contributed by atoms with van der Waals surface area (Å²) in [6, 6.07) is 12.0. The first-order valence-corrected chi connectivity index (χ1v) is 12.8. The lowest BCUT2D eigenvalue weighted by Gasteiger charge is -2.52. The van der Waals surface area contributed by atoms with Crippen molar-refractivity contribution in [3.8, 4) is 0 Å². The highest BCUT2D eigenvalue weighted by Gasteiger charge is 2.49. The van der Waals surface area contributed by atoms with E-state index in [1.54, 1.807) is 5.57 Å². The molecule has 1 heterocycles. The van der Waals surface area contributed by atoms with Gasteiger partial charge in [-0.05, 0) is 68.5 Å². The summed E-state index contributed by atoms with van der Waals surface area (Å²) in [5.41, 5.74) is 3.38. The van der Waals surface area contributed by atoms with Crippen LogP contribution in [0.1, 0.15) is 51.0 Å². The fraction of sp³-hybridized carbons (Fsp3) is 0.652. The normalized spacial score (nSPS) is 27.7. The van der Waals surface area contributed by atoms with E-state index >= 15 is 0 Å². The van der Waals surface area contributed by atoms with Crippen LogP contribution in [0.25, 0.3) is 6.08 Å². The molecule has 6 heteroatoms. The fourth-order valence-electron chi connectivity index (χ4n) is 5.35. The minimum absolute atomic E-state index is 0.0729. The molecule has 0 unspecified atom stereocenters. The summed E-state index contributed by atoms with van der Waals surface area (Å²) in [5.74, 6) is 0.778. The van der Waals surface area contributed by atoms with Crippen molar-refractivity contribution in [2.45, 2.75) is 57.5 Å². The van der Waals surface area contributed by atoms with Crippen molar-refractivity contribution in [3.63, 3.8) is 0 Å². The molecule has 1 saturated heterocycles. The molecule has 3 N–H and O–H groups in total. The highest BCUT2D eigenvalue weighted by atomic mass is 32.2. The number of sulfonamides is 1. The van der Waals surface area contributed by atoms with Gasteiger partial charge in [-0.2, -0.15) is 0 Å². The van der Waals surface area contributed by atoms with Crippen LogP contribution in [0.15, 0.2) is 35.9 Å². The second kappa shape index (κ2) is 8.50. The van der Waals surface area contributed by atoms with Crippen molar-refractivity contribution >= 4 is 16.1 Å². The molecular weight excluding hydrogens is 382 g/mol. The zero-order valence-corrected chi connectivity index (χ0v) is 18.3. The van der Waals surface area contributed by atoms with Gasteiger partial charge in [0, 0.05) is 18.6 Å². The second-order valence-electron chi connectivity index (χ2n) is 9.41. The molecule has 1 spiro atoms. The smallest absolute Gasteiger partial charge is 0.210 e. The van der Waals surface area contributed by atoms with Crippen LogP contribution in [0.5, 0.6) is 0 Å². The third-order valence-electron chi connectivity index (χ3n) is 7.24. The van der Waals surface area contributed by atoms with E-state index in [1.807, 2.05) is 0 Å². The van der Waals surface area contributed by atoms with E-state index < -0.39 is 10.0 Å². The number of hydrogen-bond acceptors (Lipinski definition) is 4. The van der Waals surface area contributed by atoms with Crippen molar-refractivity contribution in [2.75, 3.05) is 25.4 Å². The van der Waals surface area contributed by atoms with E-state index in [2.05, 4.69) is 53.5 Å². The van der Waals surface area contributed by atoms with Gasteiger partial charge in [0.15, 0.2) is 0 Å². The molecule has 2 aliphatic carbocycles. The zero-order chi connectivity index (χ0) is 20.5. The maximum Gasteiger partial charge on any atom is 0.210 e. The number of primary sulfonamides is 1. The summed E-state index contributed by atoms with van der Waals surface area (Å²) in [5, 5.41) is 9.05. The third-order valence-corrected chi connectivity index (χ3v) is 8.00. The molecule has 4 rings (SSSR count). The van der Waals surface area contributed by atoms with Gasteiger partial charge in [-0.25, -0.2) is 13.6 Å². The molecule has 5 nitrogen and oxygen atoms in total. The molecule has 0 aromatic heterocycles. The molecule has 0 bridgehead atoms. The van der Waals surface area contributed by atoms with Gasteiger partial charge in [-0.15, -0.1) is 0 Å². The summed E-state index contributed by atoms with van der Waals surface area (Å²) in [7, 11) is -3.35. The Labute approximate surface area is 175 Å². The monoisotopic (exact) mass is 417 g/mol. The standard InChI is InChI=1S/C23H35N3O2S/c1-2-19(14-18-6-4-3-5-7-18)21-15-22(21)25-20-16-23(17-20)8-10-26(11-9-23)12-13-29(24,27)28/h3-7,14,20-22,25H,2,8-13,15-17H2,1H3,(H2,24,27,28)/b19-14+/t21-,22+/m1/s1. The van der Waals surface area contributed by atoms with Crippen molar-refractivity contribution in [2.24, 2.45) is 16.5 Å². The van der Waals surface area contributed by atoms with Crippen LogP contribution >= 0.6 is 0 Å². The van der Waals surface area contributed by atoms with Gasteiger partial charge in [0.1, 0.15) is 0 Å². The van der Waals surface area contributed by atoms with Gasteiger partial charge in [-0.3, -0.25) is 0 Å². The Kier molecular flexibility index (Phi) is 6.17. The second-order valence-corrected chi connectivity index (χ2v) is 11.1.